The molecule has 1 fully saturated rings. The number of amides is 1. The normalized spacial score (nSPS) is 13.9. The second kappa shape index (κ2) is 10.9. The lowest BCUT2D eigenvalue weighted by molar-refractivity contribution is -0.117. The summed E-state index contributed by atoms with van der Waals surface area (Å²) in [6.07, 6.45) is 1.27. The van der Waals surface area contributed by atoms with Crippen LogP contribution in [0.3, 0.4) is 0 Å². The topological polar surface area (TPSA) is 141 Å². The number of benzene rings is 2. The molecular formula is C26H27FN4O7. The Kier molecular flexibility index (Phi) is 7.62. The van der Waals surface area contributed by atoms with Crippen LogP contribution < -0.4 is 15.6 Å². The lowest BCUT2D eigenvalue weighted by Crippen LogP contribution is -2.49. The first-order chi connectivity index (χ1) is 18.1. The number of nitrogens with one attached hydrogen (secondary N) is 1. The number of anilines is 2. The van der Waals surface area contributed by atoms with Gasteiger partial charge in [0.25, 0.3) is 0 Å². The van der Waals surface area contributed by atoms with Crippen molar-refractivity contribution in [3.8, 4) is 5.75 Å². The SMILES string of the molecule is CCn1cc(C(=O)O)c(=O)c2cc(F)c(N3CCN(CC(=O)Nc4ccc(C(=O)OC)c(O)c4)CC3)cc21. The number of methoxy groups -OCH3 is 1. The molecule has 3 N–H and O–H groups in total. The number of fused-ring (bicyclic) bond motifs is 1. The van der Waals surface area contributed by atoms with Crippen LogP contribution in [-0.2, 0) is 16.1 Å². The predicted molar refractivity (Wildman–Crippen MR) is 138 cm³/mol. The zero-order valence-electron chi connectivity index (χ0n) is 20.9. The Labute approximate surface area is 216 Å². The number of carboxylic acids is 1. The predicted octanol–water partition coefficient (Wildman–Crippen LogP) is 2.11. The van der Waals surface area contributed by atoms with Gasteiger partial charge in [0, 0.05) is 56.1 Å². The maximum Gasteiger partial charge on any atom is 0.341 e. The number of aromatic hydroxyl groups is 1. The van der Waals surface area contributed by atoms with E-state index in [-0.39, 0.29) is 29.2 Å². The summed E-state index contributed by atoms with van der Waals surface area (Å²) in [5.41, 5.74) is -0.0831. The Hall–Kier alpha value is -4.45. The molecule has 200 valence electrons. The van der Waals surface area contributed by atoms with Crippen LogP contribution >= 0.6 is 0 Å². The highest BCUT2D eigenvalue weighted by Crippen LogP contribution is 2.27. The molecule has 1 aliphatic rings. The summed E-state index contributed by atoms with van der Waals surface area (Å²) < 4.78 is 21.3. The molecule has 1 aliphatic heterocycles. The summed E-state index contributed by atoms with van der Waals surface area (Å²) in [7, 11) is 1.20. The van der Waals surface area contributed by atoms with Gasteiger partial charge in [-0.05, 0) is 31.2 Å². The largest absolute Gasteiger partial charge is 0.507 e. The maximum atomic E-state index is 15.1. The molecule has 0 aliphatic carbocycles. The van der Waals surface area contributed by atoms with Gasteiger partial charge < -0.3 is 29.7 Å². The van der Waals surface area contributed by atoms with Crippen LogP contribution in [0.15, 0.2) is 41.3 Å². The Morgan fingerprint density at radius 2 is 1.79 bits per heavy atom. The first-order valence-electron chi connectivity index (χ1n) is 11.9. The number of carboxylic acid groups (broad SMARTS) is 1. The number of phenolic OH excluding ortho intramolecular Hbond substituents is 1. The van der Waals surface area contributed by atoms with Gasteiger partial charge in [-0.25, -0.2) is 14.0 Å². The summed E-state index contributed by atoms with van der Waals surface area (Å²) in [5, 5.41) is 22.0. The number of halogens is 1. The third-order valence-electron chi connectivity index (χ3n) is 6.49. The zero-order valence-corrected chi connectivity index (χ0v) is 20.9. The lowest BCUT2D eigenvalue weighted by atomic mass is 10.1. The summed E-state index contributed by atoms with van der Waals surface area (Å²) >= 11 is 0. The molecule has 1 saturated heterocycles. The van der Waals surface area contributed by atoms with Gasteiger partial charge in [0.05, 0.1) is 24.9 Å². The van der Waals surface area contributed by atoms with Gasteiger partial charge in [-0.15, -0.1) is 0 Å². The van der Waals surface area contributed by atoms with Crippen LogP contribution in [0.5, 0.6) is 5.75 Å². The number of phenols is 1. The zero-order chi connectivity index (χ0) is 27.6. The molecule has 38 heavy (non-hydrogen) atoms. The van der Waals surface area contributed by atoms with Gasteiger partial charge in [-0.2, -0.15) is 0 Å². The average molecular weight is 527 g/mol. The number of hydrogen-bond donors (Lipinski definition) is 3. The molecule has 11 nitrogen and oxygen atoms in total. The molecule has 0 saturated carbocycles. The Morgan fingerprint density at radius 1 is 1.08 bits per heavy atom. The van der Waals surface area contributed by atoms with Crippen molar-refractivity contribution >= 4 is 40.1 Å². The highest BCUT2D eigenvalue weighted by atomic mass is 19.1. The molecular weight excluding hydrogens is 499 g/mol. The van der Waals surface area contributed by atoms with E-state index in [0.717, 1.165) is 6.07 Å². The van der Waals surface area contributed by atoms with E-state index in [9.17, 15) is 29.4 Å². The third kappa shape index (κ3) is 5.30. The van der Waals surface area contributed by atoms with E-state index in [1.165, 1.54) is 31.5 Å². The van der Waals surface area contributed by atoms with E-state index in [1.807, 2.05) is 9.80 Å². The van der Waals surface area contributed by atoms with Gasteiger partial charge in [0.15, 0.2) is 0 Å². The number of hydrogen-bond acceptors (Lipinski definition) is 8. The second-order valence-electron chi connectivity index (χ2n) is 8.82. The summed E-state index contributed by atoms with van der Waals surface area (Å²) in [6, 6.07) is 6.76. The molecule has 0 radical (unpaired) electrons. The van der Waals surface area contributed by atoms with Crippen molar-refractivity contribution in [3.63, 3.8) is 0 Å². The summed E-state index contributed by atoms with van der Waals surface area (Å²) in [4.78, 5) is 51.8. The van der Waals surface area contributed by atoms with E-state index in [2.05, 4.69) is 10.1 Å². The van der Waals surface area contributed by atoms with Crippen LogP contribution in [0.1, 0.15) is 27.6 Å². The quantitative estimate of drug-likeness (QED) is 0.395. The first-order valence-corrected chi connectivity index (χ1v) is 11.9. The number of nitrogens with zero attached hydrogens (tertiary/aromatic N) is 3. The van der Waals surface area contributed by atoms with Crippen LogP contribution in [0, 0.1) is 5.82 Å². The number of pyridine rings is 1. The number of carbonyl (C=O) groups is 3. The molecule has 1 aromatic heterocycles. The fraction of sp³-hybridized carbons (Fsp3) is 0.308. The van der Waals surface area contributed by atoms with Gasteiger partial charge in [-0.3, -0.25) is 14.5 Å². The fourth-order valence-corrected chi connectivity index (χ4v) is 4.50. The van der Waals surface area contributed by atoms with E-state index < -0.39 is 28.7 Å². The lowest BCUT2D eigenvalue weighted by Gasteiger charge is -2.36. The van der Waals surface area contributed by atoms with Crippen LogP contribution in [0.2, 0.25) is 0 Å². The monoisotopic (exact) mass is 526 g/mol. The maximum absolute atomic E-state index is 15.1. The Bertz CT molecular complexity index is 1480. The number of rotatable bonds is 7. The van der Waals surface area contributed by atoms with Crippen LogP contribution in [0.25, 0.3) is 10.9 Å². The van der Waals surface area contributed by atoms with Crippen LogP contribution in [-0.4, -0.2) is 77.4 Å². The molecule has 2 aromatic carbocycles. The number of piperazine rings is 1. The van der Waals surface area contributed by atoms with Crippen molar-refractivity contribution in [1.29, 1.82) is 0 Å². The average Bonchev–Trinajstić information content (AvgIpc) is 2.89. The highest BCUT2D eigenvalue weighted by molar-refractivity contribution is 5.96. The molecule has 0 atom stereocenters. The molecule has 2 heterocycles. The molecule has 0 spiro atoms. The molecule has 0 bridgehead atoms. The van der Waals surface area contributed by atoms with Gasteiger partial charge in [0.1, 0.15) is 22.7 Å². The number of aromatic nitrogens is 1. The van der Waals surface area contributed by atoms with E-state index in [4.69, 9.17) is 0 Å². The van der Waals surface area contributed by atoms with Crippen molar-refractivity contribution < 1.29 is 33.7 Å². The summed E-state index contributed by atoms with van der Waals surface area (Å²) in [5.74, 6) is -3.31. The van der Waals surface area contributed by atoms with Crippen molar-refractivity contribution in [2.75, 3.05) is 50.1 Å². The van der Waals surface area contributed by atoms with E-state index in [0.29, 0.717) is 49.6 Å². The number of esters is 1. The van der Waals surface area contributed by atoms with Gasteiger partial charge >= 0.3 is 11.9 Å². The minimum atomic E-state index is -1.36. The number of aromatic carboxylic acids is 1. The number of ether oxygens (including phenoxy) is 1. The summed E-state index contributed by atoms with van der Waals surface area (Å²) in [6.45, 7) is 4.06. The first kappa shape index (κ1) is 26.6. The molecule has 3 aromatic rings. The van der Waals surface area contributed by atoms with Gasteiger partial charge in [0.2, 0.25) is 11.3 Å². The minimum Gasteiger partial charge on any atom is -0.507 e. The Morgan fingerprint density at radius 3 is 2.39 bits per heavy atom. The van der Waals surface area contributed by atoms with Crippen molar-refractivity contribution in [3.05, 3.63) is 63.7 Å². The second-order valence-corrected chi connectivity index (χ2v) is 8.82. The molecule has 1 amide bonds. The van der Waals surface area contributed by atoms with E-state index >= 15 is 4.39 Å². The van der Waals surface area contributed by atoms with Crippen LogP contribution in [0.4, 0.5) is 15.8 Å². The molecule has 4 rings (SSSR count). The Balaban J connectivity index is 1.43. The number of aryl methyl sites for hydroxylation is 1. The van der Waals surface area contributed by atoms with Crippen molar-refractivity contribution in [1.82, 2.24) is 9.47 Å². The smallest absolute Gasteiger partial charge is 0.341 e. The minimum absolute atomic E-state index is 0.00830. The van der Waals surface area contributed by atoms with E-state index in [1.54, 1.807) is 17.6 Å². The number of carbonyl (C=O) groups excluding carboxylic acids is 2. The van der Waals surface area contributed by atoms with Gasteiger partial charge in [-0.1, -0.05) is 0 Å². The fourth-order valence-electron chi connectivity index (χ4n) is 4.50. The van der Waals surface area contributed by atoms with Crippen molar-refractivity contribution in [2.45, 2.75) is 13.5 Å². The highest BCUT2D eigenvalue weighted by Gasteiger charge is 2.24. The molecule has 12 heteroatoms. The third-order valence-corrected chi connectivity index (χ3v) is 6.49. The standard InChI is InChI=1S/C26H27FN4O7/c1-3-30-13-18(25(35)36)24(34)17-11-19(27)21(12-20(17)30)31-8-6-29(7-9-31)14-23(33)28-15-4-5-16(22(32)10-15)26(37)38-2/h4-5,10-13,32H,3,6-9,14H2,1-2H3,(H,28,33)(H,35,36). The van der Waals surface area contributed by atoms with Crippen molar-refractivity contribution in [2.24, 2.45) is 0 Å². The molecule has 0 unspecified atom stereocenters.